The minimum absolute atomic E-state index is 0.0295. The maximum atomic E-state index is 12.4. The molecule has 1 fully saturated rings. The van der Waals surface area contributed by atoms with Crippen LogP contribution in [-0.2, 0) is 13.0 Å². The number of hydrogen-bond acceptors (Lipinski definition) is 9. The van der Waals surface area contributed by atoms with Crippen LogP contribution in [-0.4, -0.2) is 68.7 Å². The first-order valence-corrected chi connectivity index (χ1v) is 9.96. The van der Waals surface area contributed by atoms with Crippen molar-refractivity contribution in [3.63, 3.8) is 0 Å². The van der Waals surface area contributed by atoms with Crippen LogP contribution >= 0.6 is 11.3 Å². The predicted molar refractivity (Wildman–Crippen MR) is 101 cm³/mol. The number of likely N-dealkylation sites (tertiary alicyclic amines) is 1. The van der Waals surface area contributed by atoms with Crippen LogP contribution in [0.2, 0.25) is 0 Å². The van der Waals surface area contributed by atoms with Crippen molar-refractivity contribution in [1.29, 1.82) is 0 Å². The topological polar surface area (TPSA) is 122 Å². The van der Waals surface area contributed by atoms with Gasteiger partial charge in [0.05, 0.1) is 18.8 Å². The van der Waals surface area contributed by atoms with Crippen LogP contribution < -0.4 is 5.73 Å². The SMILES string of the molecule is CCc1nc(CN(C)CC(O)C2CCN(C(=O)c3cnc(N)s3)CC2)no1. The van der Waals surface area contributed by atoms with Crippen molar-refractivity contribution in [1.82, 2.24) is 24.9 Å². The summed E-state index contributed by atoms with van der Waals surface area (Å²) in [5.41, 5.74) is 5.60. The molecule has 0 aromatic carbocycles. The number of thiazole rings is 1. The third-order valence-electron chi connectivity index (χ3n) is 4.83. The Bertz CT molecular complexity index is 755. The van der Waals surface area contributed by atoms with Gasteiger partial charge in [0.15, 0.2) is 11.0 Å². The van der Waals surface area contributed by atoms with Crippen LogP contribution in [0.3, 0.4) is 0 Å². The van der Waals surface area contributed by atoms with E-state index in [-0.39, 0.29) is 11.8 Å². The van der Waals surface area contributed by atoms with Gasteiger partial charge < -0.3 is 20.3 Å². The van der Waals surface area contributed by atoms with Gasteiger partial charge in [-0.25, -0.2) is 4.98 Å². The molecular formula is C17H26N6O3S. The number of piperidine rings is 1. The summed E-state index contributed by atoms with van der Waals surface area (Å²) in [5, 5.41) is 14.9. The molecule has 1 aliphatic rings. The van der Waals surface area contributed by atoms with Gasteiger partial charge in [-0.2, -0.15) is 4.98 Å². The molecule has 1 atom stereocenters. The summed E-state index contributed by atoms with van der Waals surface area (Å²) in [4.78, 5) is 25.0. The number of aliphatic hydroxyl groups is 1. The Balaban J connectivity index is 1.45. The molecule has 9 nitrogen and oxygen atoms in total. The van der Waals surface area contributed by atoms with Crippen molar-refractivity contribution in [2.45, 2.75) is 38.8 Å². The van der Waals surface area contributed by atoms with Gasteiger partial charge >= 0.3 is 0 Å². The molecule has 0 aliphatic carbocycles. The van der Waals surface area contributed by atoms with Crippen LogP contribution in [0.5, 0.6) is 0 Å². The lowest BCUT2D eigenvalue weighted by molar-refractivity contribution is 0.0316. The number of nitrogens with two attached hydrogens (primary N) is 1. The molecule has 2 aromatic rings. The smallest absolute Gasteiger partial charge is 0.265 e. The highest BCUT2D eigenvalue weighted by Gasteiger charge is 2.29. The molecule has 27 heavy (non-hydrogen) atoms. The second-order valence-electron chi connectivity index (χ2n) is 6.91. The molecule has 1 amide bonds. The molecule has 148 valence electrons. The summed E-state index contributed by atoms with van der Waals surface area (Å²) in [6, 6.07) is 0. The van der Waals surface area contributed by atoms with Gasteiger partial charge in [-0.3, -0.25) is 9.69 Å². The molecule has 3 rings (SSSR count). The van der Waals surface area contributed by atoms with E-state index in [0.29, 0.717) is 54.3 Å². The van der Waals surface area contributed by atoms with Crippen LogP contribution in [0.1, 0.15) is 41.2 Å². The van der Waals surface area contributed by atoms with E-state index < -0.39 is 6.10 Å². The largest absolute Gasteiger partial charge is 0.392 e. The Morgan fingerprint density at radius 2 is 2.26 bits per heavy atom. The van der Waals surface area contributed by atoms with Gasteiger partial charge in [-0.05, 0) is 25.8 Å². The third-order valence-corrected chi connectivity index (χ3v) is 5.64. The van der Waals surface area contributed by atoms with Gasteiger partial charge in [0.25, 0.3) is 5.91 Å². The van der Waals surface area contributed by atoms with Gasteiger partial charge in [0, 0.05) is 26.1 Å². The average Bonchev–Trinajstić information content (AvgIpc) is 3.30. The molecular weight excluding hydrogens is 368 g/mol. The zero-order valence-electron chi connectivity index (χ0n) is 15.7. The Morgan fingerprint density at radius 3 is 2.85 bits per heavy atom. The zero-order valence-corrected chi connectivity index (χ0v) is 16.5. The maximum Gasteiger partial charge on any atom is 0.265 e. The van der Waals surface area contributed by atoms with Crippen LogP contribution in [0.4, 0.5) is 5.13 Å². The summed E-state index contributed by atoms with van der Waals surface area (Å²) >= 11 is 1.21. The molecule has 1 saturated heterocycles. The third kappa shape index (κ3) is 5.02. The van der Waals surface area contributed by atoms with Crippen LogP contribution in [0.25, 0.3) is 0 Å². The summed E-state index contributed by atoms with van der Waals surface area (Å²) in [6.45, 7) is 4.29. The molecule has 10 heteroatoms. The number of likely N-dealkylation sites (N-methyl/N-ethyl adjacent to an activating group) is 1. The van der Waals surface area contributed by atoms with Gasteiger partial charge in [-0.15, -0.1) is 0 Å². The standard InChI is InChI=1S/C17H26N6O3S/c1-3-15-20-14(21-26-15)10-22(2)9-12(24)11-4-6-23(7-5-11)16(25)13-8-19-17(18)27-13/h8,11-12,24H,3-7,9-10H2,1-2H3,(H2,18,19). The summed E-state index contributed by atoms with van der Waals surface area (Å²) in [6.07, 6.45) is 3.34. The van der Waals surface area contributed by atoms with Crippen molar-refractivity contribution in [3.05, 3.63) is 22.8 Å². The van der Waals surface area contributed by atoms with Crippen molar-refractivity contribution in [2.24, 2.45) is 5.92 Å². The number of carbonyl (C=O) groups is 1. The molecule has 0 spiro atoms. The minimum atomic E-state index is -0.455. The monoisotopic (exact) mass is 394 g/mol. The van der Waals surface area contributed by atoms with E-state index in [1.807, 2.05) is 23.8 Å². The first-order valence-electron chi connectivity index (χ1n) is 9.15. The number of nitrogen functional groups attached to an aromatic ring is 1. The van der Waals surface area contributed by atoms with E-state index in [9.17, 15) is 9.90 Å². The Hall–Kier alpha value is -2.04. The number of nitrogens with zero attached hydrogens (tertiary/aromatic N) is 5. The number of anilines is 1. The molecule has 0 bridgehead atoms. The highest BCUT2D eigenvalue weighted by molar-refractivity contribution is 7.17. The molecule has 0 saturated carbocycles. The molecule has 1 unspecified atom stereocenters. The molecule has 0 radical (unpaired) electrons. The fraction of sp³-hybridized carbons (Fsp3) is 0.647. The molecule has 1 aliphatic heterocycles. The van der Waals surface area contributed by atoms with Crippen molar-refractivity contribution in [3.8, 4) is 0 Å². The first-order chi connectivity index (χ1) is 13.0. The number of rotatable bonds is 7. The van der Waals surface area contributed by atoms with Crippen molar-refractivity contribution < 1.29 is 14.4 Å². The minimum Gasteiger partial charge on any atom is -0.392 e. The lowest BCUT2D eigenvalue weighted by atomic mass is 9.91. The highest BCUT2D eigenvalue weighted by atomic mass is 32.1. The Morgan fingerprint density at radius 1 is 1.52 bits per heavy atom. The number of hydrogen-bond donors (Lipinski definition) is 2. The van der Waals surface area contributed by atoms with Gasteiger partial charge in [0.2, 0.25) is 5.89 Å². The quantitative estimate of drug-likeness (QED) is 0.714. The molecule has 2 aromatic heterocycles. The summed E-state index contributed by atoms with van der Waals surface area (Å²) in [7, 11) is 1.93. The zero-order chi connectivity index (χ0) is 19.4. The maximum absolute atomic E-state index is 12.4. The van der Waals surface area contributed by atoms with E-state index in [4.69, 9.17) is 10.3 Å². The lowest BCUT2D eigenvalue weighted by Gasteiger charge is -2.35. The van der Waals surface area contributed by atoms with E-state index in [2.05, 4.69) is 15.1 Å². The molecule has 3 heterocycles. The van der Waals surface area contributed by atoms with Crippen LogP contribution in [0.15, 0.2) is 10.7 Å². The predicted octanol–water partition coefficient (Wildman–Crippen LogP) is 1.02. The van der Waals surface area contributed by atoms with E-state index in [0.717, 1.165) is 12.8 Å². The average molecular weight is 395 g/mol. The normalized spacial score (nSPS) is 16.8. The fourth-order valence-electron chi connectivity index (χ4n) is 3.30. The fourth-order valence-corrected chi connectivity index (χ4v) is 3.95. The molecule has 3 N–H and O–H groups in total. The van der Waals surface area contributed by atoms with Crippen molar-refractivity contribution >= 4 is 22.4 Å². The Labute approximate surface area is 162 Å². The second kappa shape index (κ2) is 8.77. The summed E-state index contributed by atoms with van der Waals surface area (Å²) < 4.78 is 5.11. The number of amides is 1. The lowest BCUT2D eigenvalue weighted by Crippen LogP contribution is -2.43. The van der Waals surface area contributed by atoms with Gasteiger partial charge in [-0.1, -0.05) is 23.4 Å². The van der Waals surface area contributed by atoms with E-state index in [1.54, 1.807) is 0 Å². The van der Waals surface area contributed by atoms with E-state index >= 15 is 0 Å². The van der Waals surface area contributed by atoms with Crippen LogP contribution in [0, 0.1) is 5.92 Å². The van der Waals surface area contributed by atoms with Gasteiger partial charge in [0.1, 0.15) is 4.88 Å². The first kappa shape index (κ1) is 19.7. The number of aromatic nitrogens is 3. The number of aliphatic hydroxyl groups excluding tert-OH is 1. The second-order valence-corrected chi connectivity index (χ2v) is 7.98. The summed E-state index contributed by atoms with van der Waals surface area (Å²) in [5.74, 6) is 1.39. The number of aryl methyl sites for hydroxylation is 1. The van der Waals surface area contributed by atoms with E-state index in [1.165, 1.54) is 17.5 Å². The Kier molecular flexibility index (Phi) is 6.40. The van der Waals surface area contributed by atoms with Crippen molar-refractivity contribution in [2.75, 3.05) is 32.4 Å². The number of carbonyl (C=O) groups excluding carboxylic acids is 1. The highest BCUT2D eigenvalue weighted by Crippen LogP contribution is 2.24.